The molecule has 3 nitrogen and oxygen atoms in total. The Morgan fingerprint density at radius 2 is 2.24 bits per heavy atom. The third-order valence-electron chi connectivity index (χ3n) is 3.73. The molecule has 0 unspecified atom stereocenters. The van der Waals surface area contributed by atoms with Gasteiger partial charge in [-0.25, -0.2) is 4.98 Å². The summed E-state index contributed by atoms with van der Waals surface area (Å²) < 4.78 is 5.87. The molecule has 1 aliphatic carbocycles. The summed E-state index contributed by atoms with van der Waals surface area (Å²) in [5.74, 6) is 0.930. The van der Waals surface area contributed by atoms with Crippen LogP contribution in [0.4, 0.5) is 0 Å². The van der Waals surface area contributed by atoms with Gasteiger partial charge in [-0.15, -0.1) is 11.3 Å². The second-order valence-corrected chi connectivity index (χ2v) is 6.73. The molecule has 0 spiro atoms. The molecule has 0 amide bonds. The lowest BCUT2D eigenvalue weighted by molar-refractivity contribution is 0.305. The van der Waals surface area contributed by atoms with Gasteiger partial charge in [0.2, 0.25) is 0 Å². The van der Waals surface area contributed by atoms with Gasteiger partial charge in [-0.05, 0) is 43.9 Å². The van der Waals surface area contributed by atoms with Crippen molar-refractivity contribution in [3.63, 3.8) is 0 Å². The third kappa shape index (κ3) is 4.05. The average molecular weight is 302 g/mol. The van der Waals surface area contributed by atoms with E-state index in [1.165, 1.54) is 23.3 Å². The Bertz CT molecular complexity index is 605. The van der Waals surface area contributed by atoms with E-state index in [4.69, 9.17) is 4.74 Å². The van der Waals surface area contributed by atoms with E-state index < -0.39 is 0 Å². The molecule has 0 saturated heterocycles. The Morgan fingerprint density at radius 3 is 3.00 bits per heavy atom. The van der Waals surface area contributed by atoms with E-state index in [1.54, 1.807) is 11.3 Å². The van der Waals surface area contributed by atoms with Crippen molar-refractivity contribution in [1.29, 1.82) is 0 Å². The van der Waals surface area contributed by atoms with E-state index in [0.717, 1.165) is 35.5 Å². The van der Waals surface area contributed by atoms with Gasteiger partial charge in [0.1, 0.15) is 17.4 Å². The van der Waals surface area contributed by atoms with E-state index in [-0.39, 0.29) is 0 Å². The van der Waals surface area contributed by atoms with E-state index in [2.05, 4.69) is 36.3 Å². The monoisotopic (exact) mass is 302 g/mol. The van der Waals surface area contributed by atoms with Crippen molar-refractivity contribution in [1.82, 2.24) is 10.3 Å². The number of aromatic nitrogens is 1. The molecule has 0 bridgehead atoms. The molecule has 0 aliphatic heterocycles. The molecule has 1 aromatic carbocycles. The SMILES string of the molecule is CCc1cccc(OCc2nc(C)c(CNC3CC3)s2)c1. The standard InChI is InChI=1S/C17H22N2OS/c1-3-13-5-4-6-15(9-13)20-11-17-19-12(2)16(21-17)10-18-14-7-8-14/h4-6,9,14,18H,3,7-8,10-11H2,1-2H3. The zero-order valence-electron chi connectivity index (χ0n) is 12.7. The van der Waals surface area contributed by atoms with Gasteiger partial charge in [0.25, 0.3) is 0 Å². The summed E-state index contributed by atoms with van der Waals surface area (Å²) in [4.78, 5) is 5.96. The fourth-order valence-electron chi connectivity index (χ4n) is 2.24. The lowest BCUT2D eigenvalue weighted by atomic mass is 10.2. The first-order valence-electron chi connectivity index (χ1n) is 7.65. The predicted octanol–water partition coefficient (Wildman–Crippen LogP) is 3.84. The Labute approximate surface area is 130 Å². The second kappa shape index (κ2) is 6.58. The predicted molar refractivity (Wildman–Crippen MR) is 86.9 cm³/mol. The van der Waals surface area contributed by atoms with Crippen LogP contribution in [0.3, 0.4) is 0 Å². The maximum absolute atomic E-state index is 5.87. The van der Waals surface area contributed by atoms with Gasteiger partial charge in [0.05, 0.1) is 5.69 Å². The third-order valence-corrected chi connectivity index (χ3v) is 4.87. The summed E-state index contributed by atoms with van der Waals surface area (Å²) in [7, 11) is 0. The van der Waals surface area contributed by atoms with Gasteiger partial charge in [0.15, 0.2) is 0 Å². The molecule has 2 aromatic rings. The first-order valence-corrected chi connectivity index (χ1v) is 8.46. The van der Waals surface area contributed by atoms with Crippen LogP contribution in [0.15, 0.2) is 24.3 Å². The topological polar surface area (TPSA) is 34.1 Å². The largest absolute Gasteiger partial charge is 0.486 e. The molecule has 1 N–H and O–H groups in total. The molecule has 0 atom stereocenters. The van der Waals surface area contributed by atoms with Crippen LogP contribution in [0.1, 0.15) is 40.9 Å². The fourth-order valence-corrected chi connectivity index (χ4v) is 3.17. The van der Waals surface area contributed by atoms with Crippen molar-refractivity contribution in [2.75, 3.05) is 0 Å². The Kier molecular flexibility index (Phi) is 4.56. The smallest absolute Gasteiger partial charge is 0.140 e. The van der Waals surface area contributed by atoms with Crippen LogP contribution in [0.25, 0.3) is 0 Å². The Morgan fingerprint density at radius 1 is 1.38 bits per heavy atom. The second-order valence-electron chi connectivity index (χ2n) is 5.56. The average Bonchev–Trinajstić information content (AvgIpc) is 3.27. The molecule has 1 fully saturated rings. The summed E-state index contributed by atoms with van der Waals surface area (Å²) in [6, 6.07) is 9.03. The van der Waals surface area contributed by atoms with Crippen LogP contribution in [-0.4, -0.2) is 11.0 Å². The van der Waals surface area contributed by atoms with Crippen molar-refractivity contribution in [3.8, 4) is 5.75 Å². The number of hydrogen-bond acceptors (Lipinski definition) is 4. The first-order chi connectivity index (χ1) is 10.2. The fraction of sp³-hybridized carbons (Fsp3) is 0.471. The zero-order chi connectivity index (χ0) is 14.7. The zero-order valence-corrected chi connectivity index (χ0v) is 13.5. The van der Waals surface area contributed by atoms with Crippen LogP contribution < -0.4 is 10.1 Å². The number of thiazole rings is 1. The number of ether oxygens (including phenoxy) is 1. The normalized spacial score (nSPS) is 14.4. The number of rotatable bonds is 7. The number of nitrogens with one attached hydrogen (secondary N) is 1. The Hall–Kier alpha value is -1.39. The molecular weight excluding hydrogens is 280 g/mol. The van der Waals surface area contributed by atoms with Gasteiger partial charge in [0, 0.05) is 17.5 Å². The minimum absolute atomic E-state index is 0.558. The van der Waals surface area contributed by atoms with Gasteiger partial charge >= 0.3 is 0 Å². The highest BCUT2D eigenvalue weighted by Gasteiger charge is 2.21. The summed E-state index contributed by atoms with van der Waals surface area (Å²) in [6.07, 6.45) is 3.67. The highest BCUT2D eigenvalue weighted by Crippen LogP contribution is 2.23. The van der Waals surface area contributed by atoms with Crippen molar-refractivity contribution in [2.45, 2.75) is 52.3 Å². The molecular formula is C17H22N2OS. The number of benzene rings is 1. The lowest BCUT2D eigenvalue weighted by Gasteiger charge is -2.05. The van der Waals surface area contributed by atoms with Gasteiger partial charge in [-0.2, -0.15) is 0 Å². The summed E-state index contributed by atoms with van der Waals surface area (Å²) in [5, 5.41) is 4.60. The van der Waals surface area contributed by atoms with Crippen molar-refractivity contribution in [3.05, 3.63) is 45.4 Å². The van der Waals surface area contributed by atoms with E-state index in [9.17, 15) is 0 Å². The number of hydrogen-bond donors (Lipinski definition) is 1. The molecule has 3 rings (SSSR count). The molecule has 1 aromatic heterocycles. The summed E-state index contributed by atoms with van der Waals surface area (Å²) in [6.45, 7) is 5.74. The molecule has 1 heterocycles. The van der Waals surface area contributed by atoms with Crippen LogP contribution in [0.2, 0.25) is 0 Å². The van der Waals surface area contributed by atoms with Crippen LogP contribution in [-0.2, 0) is 19.6 Å². The Balaban J connectivity index is 1.57. The molecule has 4 heteroatoms. The van der Waals surface area contributed by atoms with Crippen molar-refractivity contribution < 1.29 is 4.74 Å². The molecule has 1 saturated carbocycles. The quantitative estimate of drug-likeness (QED) is 0.843. The summed E-state index contributed by atoms with van der Waals surface area (Å²) in [5.41, 5.74) is 2.44. The highest BCUT2D eigenvalue weighted by molar-refractivity contribution is 7.11. The van der Waals surface area contributed by atoms with E-state index in [1.807, 2.05) is 12.1 Å². The van der Waals surface area contributed by atoms with Crippen molar-refractivity contribution >= 4 is 11.3 Å². The minimum atomic E-state index is 0.558. The van der Waals surface area contributed by atoms with E-state index in [0.29, 0.717) is 6.61 Å². The van der Waals surface area contributed by atoms with Crippen LogP contribution in [0, 0.1) is 6.92 Å². The van der Waals surface area contributed by atoms with E-state index >= 15 is 0 Å². The highest BCUT2D eigenvalue weighted by atomic mass is 32.1. The van der Waals surface area contributed by atoms with Gasteiger partial charge in [-0.1, -0.05) is 19.1 Å². The first kappa shape index (κ1) is 14.5. The minimum Gasteiger partial charge on any atom is -0.486 e. The van der Waals surface area contributed by atoms with Gasteiger partial charge < -0.3 is 10.1 Å². The maximum atomic E-state index is 5.87. The van der Waals surface area contributed by atoms with Gasteiger partial charge in [-0.3, -0.25) is 0 Å². The molecule has 1 aliphatic rings. The molecule has 112 valence electrons. The van der Waals surface area contributed by atoms with Crippen LogP contribution in [0.5, 0.6) is 5.75 Å². The maximum Gasteiger partial charge on any atom is 0.140 e. The summed E-state index contributed by atoms with van der Waals surface area (Å²) >= 11 is 1.76. The van der Waals surface area contributed by atoms with Crippen LogP contribution >= 0.6 is 11.3 Å². The molecule has 21 heavy (non-hydrogen) atoms. The number of nitrogens with zero attached hydrogens (tertiary/aromatic N) is 1. The van der Waals surface area contributed by atoms with Crippen molar-refractivity contribution in [2.24, 2.45) is 0 Å². The molecule has 0 radical (unpaired) electrons. The number of aryl methyl sites for hydroxylation is 2. The lowest BCUT2D eigenvalue weighted by Crippen LogP contribution is -2.14.